The second-order valence-corrected chi connectivity index (χ2v) is 15.1. The molecule has 0 aliphatic carbocycles. The molecule has 2 aromatic carbocycles. The number of thioether (sulfide) groups is 1. The van der Waals surface area contributed by atoms with Crippen LogP contribution in [0.15, 0.2) is 82.9 Å². The van der Waals surface area contributed by atoms with Crippen molar-refractivity contribution in [3.05, 3.63) is 100 Å². The van der Waals surface area contributed by atoms with Crippen molar-refractivity contribution in [1.29, 1.82) is 0 Å². The number of amides is 3. The number of hydrogen-bond acceptors (Lipinski definition) is 13. The molecule has 0 spiro atoms. The van der Waals surface area contributed by atoms with Gasteiger partial charge in [0.25, 0.3) is 17.7 Å². The fourth-order valence-corrected chi connectivity index (χ4v) is 7.46. The smallest absolute Gasteiger partial charge is 0.352 e. The Bertz CT molecular complexity index is 2350. The molecule has 0 unspecified atom stereocenters. The number of aromatic hydroxyl groups is 2. The molecule has 20 heteroatoms. The number of fused-ring (bicyclic) bond motifs is 1. The van der Waals surface area contributed by atoms with Gasteiger partial charge in [-0.15, -0.1) is 23.1 Å². The van der Waals surface area contributed by atoms with Gasteiger partial charge in [0.1, 0.15) is 35.5 Å². The number of carbonyl (C=O) groups excluding carboxylic acids is 3. The quantitative estimate of drug-likeness (QED) is 0.0255. The number of anilines is 2. The predicted molar refractivity (Wildman–Crippen MR) is 203 cm³/mol. The minimum Gasteiger partial charge on any atom is -0.504 e. The first kappa shape index (κ1) is 39.0. The van der Waals surface area contributed by atoms with E-state index in [2.05, 4.69) is 20.8 Å². The fraction of sp³-hybridized carbons (Fsp3) is 0.222. The number of rotatable bonds is 13. The van der Waals surface area contributed by atoms with Crippen LogP contribution in [-0.2, 0) is 37.6 Å². The third-order valence-electron chi connectivity index (χ3n) is 8.62. The Labute approximate surface area is 326 Å². The number of hydrogen-bond donors (Lipinski definition) is 7. The maximum atomic E-state index is 13.4. The lowest BCUT2D eigenvalue weighted by Gasteiger charge is -2.49. The van der Waals surface area contributed by atoms with E-state index in [0.29, 0.717) is 23.5 Å². The molecule has 6 rings (SSSR count). The number of carboxylic acid groups (broad SMARTS) is 2. The first-order valence-corrected chi connectivity index (χ1v) is 18.5. The summed E-state index contributed by atoms with van der Waals surface area (Å²) in [5.41, 5.74) is 6.04. The van der Waals surface area contributed by atoms with Gasteiger partial charge in [0.2, 0.25) is 17.6 Å². The van der Waals surface area contributed by atoms with Crippen molar-refractivity contribution in [2.75, 3.05) is 16.8 Å². The number of nitrogens with one attached hydrogen (secondary N) is 2. The number of aliphatic carboxylic acids is 2. The van der Waals surface area contributed by atoms with E-state index in [1.165, 1.54) is 49.2 Å². The topological polar surface area (TPSA) is 263 Å². The number of allylic oxidation sites excluding steroid dienone is 1. The van der Waals surface area contributed by atoms with Gasteiger partial charge in [0.05, 0.1) is 7.05 Å². The number of phenolic OH excluding ortho intramolecular Hbond substituents is 2. The molecule has 0 radical (unpaired) electrons. The summed E-state index contributed by atoms with van der Waals surface area (Å²) in [5, 5.41) is 48.5. The number of nitrogen functional groups attached to an aromatic ring is 1. The number of carboxylic acids is 2. The van der Waals surface area contributed by atoms with E-state index in [1.54, 1.807) is 36.3 Å². The molecule has 1 saturated heterocycles. The number of carbonyl (C=O) groups is 5. The first-order chi connectivity index (χ1) is 26.5. The zero-order valence-electron chi connectivity index (χ0n) is 29.9. The molecule has 290 valence electrons. The van der Waals surface area contributed by atoms with Gasteiger partial charge in [0.15, 0.2) is 22.3 Å². The van der Waals surface area contributed by atoms with E-state index in [-0.39, 0.29) is 33.8 Å². The Hall–Kier alpha value is -6.67. The van der Waals surface area contributed by atoms with Gasteiger partial charge >= 0.3 is 11.9 Å². The zero-order valence-corrected chi connectivity index (χ0v) is 31.5. The molecule has 4 heterocycles. The Morgan fingerprint density at radius 3 is 2.48 bits per heavy atom. The van der Waals surface area contributed by atoms with E-state index < -0.39 is 52.4 Å². The van der Waals surface area contributed by atoms with Crippen molar-refractivity contribution >= 4 is 75.4 Å². The molecule has 1 fully saturated rings. The third kappa shape index (κ3) is 8.20. The Balaban J connectivity index is 1.11. The molecule has 4 aromatic rings. The Morgan fingerprint density at radius 1 is 1.11 bits per heavy atom. The summed E-state index contributed by atoms with van der Waals surface area (Å²) >= 11 is 2.27. The van der Waals surface area contributed by atoms with Crippen molar-refractivity contribution in [3.8, 4) is 11.5 Å². The number of phenols is 2. The lowest BCUT2D eigenvalue weighted by molar-refractivity contribution is -0.687. The number of aromatic nitrogens is 3. The number of oxime groups is 1. The van der Waals surface area contributed by atoms with E-state index in [9.17, 15) is 44.4 Å². The lowest BCUT2D eigenvalue weighted by atomic mass is 10.0. The van der Waals surface area contributed by atoms with E-state index >= 15 is 0 Å². The van der Waals surface area contributed by atoms with Crippen LogP contribution in [-0.4, -0.2) is 93.0 Å². The van der Waals surface area contributed by atoms with Crippen LogP contribution >= 0.6 is 23.1 Å². The monoisotopic (exact) mass is 803 g/mol. The van der Waals surface area contributed by atoms with Crippen LogP contribution in [0.25, 0.3) is 6.08 Å². The van der Waals surface area contributed by atoms with Crippen LogP contribution in [0.1, 0.15) is 41.2 Å². The van der Waals surface area contributed by atoms with Gasteiger partial charge in [-0.1, -0.05) is 41.6 Å². The normalized spacial score (nSPS) is 17.0. The second kappa shape index (κ2) is 15.6. The molecule has 0 bridgehead atoms. The van der Waals surface area contributed by atoms with Crippen LogP contribution < -0.4 is 20.9 Å². The molecule has 2 aliphatic heterocycles. The average Bonchev–Trinajstić information content (AvgIpc) is 3.75. The van der Waals surface area contributed by atoms with Crippen LogP contribution in [0.3, 0.4) is 0 Å². The van der Waals surface area contributed by atoms with Gasteiger partial charge in [-0.2, -0.15) is 0 Å². The minimum absolute atomic E-state index is 0.000935. The van der Waals surface area contributed by atoms with Gasteiger partial charge in [-0.05, 0) is 42.7 Å². The highest BCUT2D eigenvalue weighted by Crippen LogP contribution is 2.41. The number of benzene rings is 2. The highest BCUT2D eigenvalue weighted by Gasteiger charge is 2.54. The molecule has 0 saturated carbocycles. The van der Waals surface area contributed by atoms with Crippen LogP contribution in [0.2, 0.25) is 0 Å². The van der Waals surface area contributed by atoms with Crippen LogP contribution in [0.5, 0.6) is 11.5 Å². The van der Waals surface area contributed by atoms with Crippen molar-refractivity contribution < 1.29 is 53.8 Å². The van der Waals surface area contributed by atoms with Crippen molar-refractivity contribution in [2.24, 2.45) is 12.2 Å². The zero-order chi connectivity index (χ0) is 40.5. The fourth-order valence-electron chi connectivity index (χ4n) is 5.59. The van der Waals surface area contributed by atoms with Gasteiger partial charge < -0.3 is 41.6 Å². The Kier molecular flexibility index (Phi) is 10.9. The maximum absolute atomic E-state index is 13.4. The van der Waals surface area contributed by atoms with Crippen molar-refractivity contribution in [1.82, 2.24) is 19.8 Å². The number of thiazole rings is 1. The van der Waals surface area contributed by atoms with Gasteiger partial charge in [-0.25, -0.2) is 23.7 Å². The van der Waals surface area contributed by atoms with Crippen molar-refractivity contribution in [3.63, 3.8) is 0 Å². The molecule has 3 amide bonds. The summed E-state index contributed by atoms with van der Waals surface area (Å²) in [6, 6.07) is 10.3. The molecular formula is C36H35N8O10S2+. The molecule has 2 atom stereocenters. The van der Waals surface area contributed by atoms with Gasteiger partial charge in [-0.3, -0.25) is 19.3 Å². The molecule has 2 aliphatic rings. The van der Waals surface area contributed by atoms with E-state index in [4.69, 9.17) is 10.6 Å². The minimum atomic E-state index is -1.79. The Morgan fingerprint density at radius 2 is 1.84 bits per heavy atom. The summed E-state index contributed by atoms with van der Waals surface area (Å²) in [6.07, 6.45) is 6.78. The molecule has 2 aromatic heterocycles. The van der Waals surface area contributed by atoms with Gasteiger partial charge in [0, 0.05) is 22.9 Å². The highest BCUT2D eigenvalue weighted by molar-refractivity contribution is 8.00. The molecular weight excluding hydrogens is 769 g/mol. The largest absolute Gasteiger partial charge is 0.504 e. The van der Waals surface area contributed by atoms with Crippen LogP contribution in [0, 0.1) is 0 Å². The third-order valence-corrected chi connectivity index (χ3v) is 10.6. The molecule has 8 N–H and O–H groups in total. The molecule has 18 nitrogen and oxygen atoms in total. The van der Waals surface area contributed by atoms with Crippen molar-refractivity contribution in [2.45, 2.75) is 37.4 Å². The number of nitrogens with two attached hydrogens (primary N) is 1. The number of nitrogens with zero attached hydrogens (tertiary/aromatic N) is 5. The average molecular weight is 804 g/mol. The standard InChI is InChI=1S/C36H34N8O10S2/c1-36(2,34(52)53)54-41-26(22-16-56-35(37)39-22)30(48)40-27-31(49)44-28(33(50)51)20(15-55-32(27)44)9-8-18-4-6-19(7-5-18)13-43-14-23(42(3)17-43)29(47)38-21-10-11-24(45)25(46)12-21/h4-12,14,16-17,27,32H,13,15H2,1-3H3,(H7-,37,38,39,40,41,45,46,47,48,50,51,52,53)/p+1/b9-8-/t27-,32-/m1/s1. The summed E-state index contributed by atoms with van der Waals surface area (Å²) in [7, 11) is 1.72. The lowest BCUT2D eigenvalue weighted by Crippen LogP contribution is -2.71. The number of β-lactam (4-membered cyclic amide) rings is 1. The SMILES string of the molecule is Cn1c[n+](Cc2ccc(/C=C\C3=C(C(=O)O)N4C(=O)[C@@H](NC(=O)/C(=N\OC(C)(C)C(=O)O)c5csc(N)n5)[C@H]4SC3)cc2)cc1C(=O)Nc1ccc(O)c(O)c1. The highest BCUT2D eigenvalue weighted by atomic mass is 32.2. The molecule has 56 heavy (non-hydrogen) atoms. The first-order valence-electron chi connectivity index (χ1n) is 16.6. The van der Waals surface area contributed by atoms with Crippen LogP contribution in [0.4, 0.5) is 10.8 Å². The summed E-state index contributed by atoms with van der Waals surface area (Å²) in [5.74, 6) is -5.06. The predicted octanol–water partition coefficient (Wildman–Crippen LogP) is 2.10. The summed E-state index contributed by atoms with van der Waals surface area (Å²) in [6.45, 7) is 2.91. The van der Waals surface area contributed by atoms with E-state index in [1.807, 2.05) is 28.8 Å². The maximum Gasteiger partial charge on any atom is 0.352 e. The van der Waals surface area contributed by atoms with E-state index in [0.717, 1.165) is 27.4 Å². The summed E-state index contributed by atoms with van der Waals surface area (Å²) < 4.78 is 3.47. The number of imidazole rings is 1. The number of aryl methyl sites for hydroxylation is 1. The second-order valence-electron chi connectivity index (χ2n) is 13.1. The summed E-state index contributed by atoms with van der Waals surface area (Å²) in [4.78, 5) is 73.8.